The highest BCUT2D eigenvalue weighted by Crippen LogP contribution is 2.29. The van der Waals surface area contributed by atoms with E-state index in [9.17, 15) is 17.6 Å². The average molecular weight is 523 g/mol. The minimum atomic E-state index is -3.85. The van der Waals surface area contributed by atoms with Gasteiger partial charge in [-0.3, -0.25) is 13.9 Å². The quantitative estimate of drug-likeness (QED) is 0.321. The van der Waals surface area contributed by atoms with Gasteiger partial charge in [-0.15, -0.1) is 0 Å². The molecule has 14 heteroatoms. The van der Waals surface area contributed by atoms with Crippen LogP contribution in [-0.2, 0) is 21.3 Å². The zero-order valence-corrected chi connectivity index (χ0v) is 21.6. The third-order valence-electron chi connectivity index (χ3n) is 5.15. The molecule has 1 amide bonds. The molecule has 3 heterocycles. The van der Waals surface area contributed by atoms with Gasteiger partial charge in [0.25, 0.3) is 5.91 Å². The lowest BCUT2D eigenvalue weighted by molar-refractivity contribution is 0.0974. The van der Waals surface area contributed by atoms with Crippen LogP contribution in [0.2, 0.25) is 0 Å². The number of aromatic nitrogens is 5. The van der Waals surface area contributed by atoms with Gasteiger partial charge in [0, 0.05) is 25.9 Å². The van der Waals surface area contributed by atoms with Crippen molar-refractivity contribution in [3.63, 3.8) is 0 Å². The Morgan fingerprint density at radius 3 is 2.61 bits per heavy atom. The molecule has 0 spiro atoms. The molecule has 0 saturated heterocycles. The first-order valence-corrected chi connectivity index (χ1v) is 13.4. The fourth-order valence-corrected chi connectivity index (χ4v) is 3.91. The summed E-state index contributed by atoms with van der Waals surface area (Å²) in [5.74, 6) is 0.294. The van der Waals surface area contributed by atoms with E-state index in [0.29, 0.717) is 36.2 Å². The van der Waals surface area contributed by atoms with Crippen LogP contribution in [0.1, 0.15) is 36.3 Å². The Kier molecular flexibility index (Phi) is 9.09. The molecule has 3 rings (SSSR count). The molecular formula is C22H31FN8O4S. The summed E-state index contributed by atoms with van der Waals surface area (Å²) in [7, 11) is -3.85. The summed E-state index contributed by atoms with van der Waals surface area (Å²) in [6.07, 6.45) is 2.81. The van der Waals surface area contributed by atoms with Gasteiger partial charge in [0.15, 0.2) is 11.5 Å². The van der Waals surface area contributed by atoms with Gasteiger partial charge in [0.1, 0.15) is 16.9 Å². The van der Waals surface area contributed by atoms with Gasteiger partial charge in [-0.2, -0.15) is 10.1 Å². The number of carbonyl (C=O) groups is 1. The van der Waals surface area contributed by atoms with Crippen molar-refractivity contribution in [1.82, 2.24) is 29.5 Å². The van der Waals surface area contributed by atoms with Crippen LogP contribution >= 0.6 is 0 Å². The van der Waals surface area contributed by atoms with E-state index < -0.39 is 22.6 Å². The van der Waals surface area contributed by atoms with Gasteiger partial charge >= 0.3 is 0 Å². The van der Waals surface area contributed by atoms with Crippen LogP contribution in [0.15, 0.2) is 18.3 Å². The fourth-order valence-electron chi connectivity index (χ4n) is 3.47. The predicted molar refractivity (Wildman–Crippen MR) is 135 cm³/mol. The van der Waals surface area contributed by atoms with Crippen molar-refractivity contribution in [3.8, 4) is 0 Å². The smallest absolute Gasteiger partial charge is 0.287 e. The molecule has 0 bridgehead atoms. The first kappa shape index (κ1) is 27.2. The van der Waals surface area contributed by atoms with E-state index in [1.54, 1.807) is 6.20 Å². The lowest BCUT2D eigenvalue weighted by atomic mass is 10.3. The number of nitrogens with one attached hydrogen (secondary N) is 2. The maximum absolute atomic E-state index is 12.9. The number of carbonyl (C=O) groups excluding carboxylic acids is 1. The predicted octanol–water partition coefficient (Wildman–Crippen LogP) is 2.19. The molecule has 0 fully saturated rings. The largest absolute Gasteiger partial charge is 0.379 e. The number of anilines is 3. The van der Waals surface area contributed by atoms with E-state index in [1.165, 1.54) is 4.68 Å². The number of sulfonamides is 1. The molecule has 0 aliphatic heterocycles. The number of alkyl halides is 1. The molecule has 3 aromatic heterocycles. The first-order chi connectivity index (χ1) is 17.2. The van der Waals surface area contributed by atoms with E-state index in [-0.39, 0.29) is 37.4 Å². The fraction of sp³-hybridized carbons (Fsp3) is 0.500. The van der Waals surface area contributed by atoms with Crippen LogP contribution in [0.5, 0.6) is 0 Å². The zero-order chi connectivity index (χ0) is 26.3. The highest BCUT2D eigenvalue weighted by Gasteiger charge is 2.26. The minimum Gasteiger partial charge on any atom is -0.379 e. The van der Waals surface area contributed by atoms with Gasteiger partial charge in [-0.1, -0.05) is 0 Å². The SMILES string of the molecule is CCN(CC)c1nc(Nc2cc(C)ccn2)c2c(n1)c(C(=O)NS(C)(=O)=O)nn2CCOCCCF. The summed E-state index contributed by atoms with van der Waals surface area (Å²) in [4.78, 5) is 28.4. The van der Waals surface area contributed by atoms with Crippen molar-refractivity contribution in [3.05, 3.63) is 29.6 Å². The van der Waals surface area contributed by atoms with E-state index in [0.717, 1.165) is 11.8 Å². The molecule has 0 saturated carbocycles. The Morgan fingerprint density at radius 1 is 1.22 bits per heavy atom. The summed E-state index contributed by atoms with van der Waals surface area (Å²) in [6, 6.07) is 3.69. The first-order valence-electron chi connectivity index (χ1n) is 11.6. The Balaban J connectivity index is 2.18. The molecule has 2 N–H and O–H groups in total. The maximum Gasteiger partial charge on any atom is 0.287 e. The third kappa shape index (κ3) is 6.85. The van der Waals surface area contributed by atoms with Crippen molar-refractivity contribution < 1.29 is 22.3 Å². The zero-order valence-electron chi connectivity index (χ0n) is 20.8. The normalized spacial score (nSPS) is 11.6. The van der Waals surface area contributed by atoms with Gasteiger partial charge in [-0.05, 0) is 44.9 Å². The number of ether oxygens (including phenoxy) is 1. The summed E-state index contributed by atoms with van der Waals surface area (Å²) < 4.78 is 44.8. The van der Waals surface area contributed by atoms with Crippen LogP contribution in [-0.4, -0.2) is 78.3 Å². The van der Waals surface area contributed by atoms with Crippen LogP contribution in [0.25, 0.3) is 11.0 Å². The minimum absolute atomic E-state index is 0.171. The molecule has 0 atom stereocenters. The second kappa shape index (κ2) is 12.0. The van der Waals surface area contributed by atoms with Crippen molar-refractivity contribution >= 4 is 44.5 Å². The maximum atomic E-state index is 12.9. The highest BCUT2D eigenvalue weighted by molar-refractivity contribution is 7.89. The molecule has 0 aromatic carbocycles. The number of hydrogen-bond acceptors (Lipinski definition) is 10. The number of amides is 1. The topological polar surface area (TPSA) is 144 Å². The molecule has 0 aliphatic carbocycles. The summed E-state index contributed by atoms with van der Waals surface area (Å²) in [6.45, 7) is 7.15. The van der Waals surface area contributed by atoms with Crippen molar-refractivity contribution in [2.24, 2.45) is 0 Å². The van der Waals surface area contributed by atoms with Gasteiger partial charge in [0.05, 0.1) is 26.1 Å². The molecule has 36 heavy (non-hydrogen) atoms. The third-order valence-corrected chi connectivity index (χ3v) is 5.70. The lowest BCUT2D eigenvalue weighted by Gasteiger charge is -2.20. The van der Waals surface area contributed by atoms with E-state index >= 15 is 0 Å². The van der Waals surface area contributed by atoms with Crippen molar-refractivity contribution in [2.75, 3.05) is 49.5 Å². The molecule has 196 valence electrons. The number of nitrogens with zero attached hydrogens (tertiary/aromatic N) is 6. The number of fused-ring (bicyclic) bond motifs is 1. The van der Waals surface area contributed by atoms with Crippen LogP contribution in [0.4, 0.5) is 22.0 Å². The molecule has 0 radical (unpaired) electrons. The average Bonchev–Trinajstić information content (AvgIpc) is 3.18. The van der Waals surface area contributed by atoms with Crippen molar-refractivity contribution in [1.29, 1.82) is 0 Å². The van der Waals surface area contributed by atoms with E-state index in [4.69, 9.17) is 9.72 Å². The Labute approximate surface area is 209 Å². The Morgan fingerprint density at radius 2 is 1.97 bits per heavy atom. The van der Waals surface area contributed by atoms with Crippen LogP contribution in [0.3, 0.4) is 0 Å². The van der Waals surface area contributed by atoms with Gasteiger partial charge in [-0.25, -0.2) is 23.1 Å². The van der Waals surface area contributed by atoms with Crippen LogP contribution < -0.4 is 14.9 Å². The molecule has 0 aliphatic rings. The van der Waals surface area contributed by atoms with E-state index in [1.807, 2.05) is 42.5 Å². The molecule has 12 nitrogen and oxygen atoms in total. The summed E-state index contributed by atoms with van der Waals surface area (Å²) >= 11 is 0. The summed E-state index contributed by atoms with van der Waals surface area (Å²) in [5, 5.41) is 7.56. The summed E-state index contributed by atoms with van der Waals surface area (Å²) in [5.41, 5.74) is 1.36. The number of rotatable bonds is 13. The van der Waals surface area contributed by atoms with Crippen molar-refractivity contribution in [2.45, 2.75) is 33.7 Å². The molecule has 0 unspecified atom stereocenters. The Bertz CT molecular complexity index is 1310. The number of pyridine rings is 1. The van der Waals surface area contributed by atoms with Gasteiger partial charge < -0.3 is 15.0 Å². The number of hydrogen-bond donors (Lipinski definition) is 2. The van der Waals surface area contributed by atoms with E-state index in [2.05, 4.69) is 20.4 Å². The number of halogens is 1. The Hall–Kier alpha value is -3.39. The van der Waals surface area contributed by atoms with Gasteiger partial charge in [0.2, 0.25) is 16.0 Å². The molecule has 3 aromatic rings. The number of aryl methyl sites for hydroxylation is 1. The standard InChI is InChI=1S/C22H31FN8O4S/c1-5-30(6-2)22-26-17-18(21(32)29-36(4,33)34)28-31(11-13-35-12-7-9-23)19(17)20(27-22)25-16-14-15(3)8-10-24-16/h8,10,14H,5-7,9,11-13H2,1-4H3,(H,29,32)(H,24,25,26,27). The highest BCUT2D eigenvalue weighted by atomic mass is 32.2. The monoisotopic (exact) mass is 522 g/mol. The second-order valence-corrected chi connectivity index (χ2v) is 9.76. The second-order valence-electron chi connectivity index (χ2n) is 8.02. The lowest BCUT2D eigenvalue weighted by Crippen LogP contribution is -2.30. The van der Waals surface area contributed by atoms with Crippen LogP contribution in [0, 0.1) is 6.92 Å². The molecular weight excluding hydrogens is 491 g/mol.